The fourth-order valence-corrected chi connectivity index (χ4v) is 2.34. The van der Waals surface area contributed by atoms with E-state index in [2.05, 4.69) is 39.5 Å². The van der Waals surface area contributed by atoms with Crippen molar-refractivity contribution in [2.45, 2.75) is 33.4 Å². The highest BCUT2D eigenvalue weighted by Crippen LogP contribution is 2.13. The van der Waals surface area contributed by atoms with Gasteiger partial charge in [-0.3, -0.25) is 4.90 Å². The van der Waals surface area contributed by atoms with Gasteiger partial charge in [-0.05, 0) is 18.0 Å². The maximum Gasteiger partial charge on any atom is 0.230 e. The van der Waals surface area contributed by atoms with Gasteiger partial charge in [0.05, 0.1) is 6.54 Å². The Morgan fingerprint density at radius 1 is 1.24 bits per heavy atom. The zero-order valence-electron chi connectivity index (χ0n) is 10.2. The van der Waals surface area contributed by atoms with E-state index in [-0.39, 0.29) is 0 Å². The van der Waals surface area contributed by atoms with Gasteiger partial charge >= 0.3 is 0 Å². The third kappa shape index (κ3) is 3.38. The molecule has 0 fully saturated rings. The third-order valence-corrected chi connectivity index (χ3v) is 3.44. The molecule has 0 N–H and O–H groups in total. The topological polar surface area (TPSA) is 42.2 Å². The first kappa shape index (κ1) is 12.3. The van der Waals surface area contributed by atoms with E-state index in [9.17, 15) is 0 Å². The van der Waals surface area contributed by atoms with Crippen molar-refractivity contribution in [2.75, 3.05) is 6.54 Å². The third-order valence-electron chi connectivity index (χ3n) is 2.58. The summed E-state index contributed by atoms with van der Waals surface area (Å²) in [5, 5.41) is 10.1. The molecule has 0 aliphatic carbocycles. The number of hydrogen-bond donors (Lipinski definition) is 0. The summed E-state index contributed by atoms with van der Waals surface area (Å²) in [7, 11) is 0. The predicted molar refractivity (Wildman–Crippen MR) is 67.8 cm³/mol. The summed E-state index contributed by atoms with van der Waals surface area (Å²) in [6.07, 6.45) is 0.796. The van der Waals surface area contributed by atoms with Crippen LogP contribution < -0.4 is 0 Å². The molecule has 2 heterocycles. The van der Waals surface area contributed by atoms with E-state index < -0.39 is 0 Å². The minimum atomic E-state index is 0.709. The highest BCUT2D eigenvalue weighted by Gasteiger charge is 2.10. The molecular formula is C12H17N3OS. The second-order valence-electron chi connectivity index (χ2n) is 3.83. The van der Waals surface area contributed by atoms with Crippen LogP contribution in [0.25, 0.3) is 0 Å². The fourth-order valence-electron chi connectivity index (χ4n) is 1.59. The summed E-state index contributed by atoms with van der Waals surface area (Å²) in [5.41, 5.74) is 0. The van der Waals surface area contributed by atoms with Crippen LogP contribution in [0.15, 0.2) is 21.9 Å². The lowest BCUT2D eigenvalue weighted by molar-refractivity contribution is 0.242. The van der Waals surface area contributed by atoms with Crippen molar-refractivity contribution in [3.05, 3.63) is 34.2 Å². The highest BCUT2D eigenvalue weighted by molar-refractivity contribution is 7.09. The van der Waals surface area contributed by atoms with Gasteiger partial charge in [-0.1, -0.05) is 19.9 Å². The average molecular weight is 251 g/mol. The van der Waals surface area contributed by atoms with E-state index in [1.165, 1.54) is 4.88 Å². The molecule has 2 aromatic heterocycles. The molecule has 5 heteroatoms. The summed E-state index contributed by atoms with van der Waals surface area (Å²) in [6.45, 7) is 6.80. The van der Waals surface area contributed by atoms with Crippen LogP contribution in [0.3, 0.4) is 0 Å². The van der Waals surface area contributed by atoms with Gasteiger partial charge in [-0.2, -0.15) is 0 Å². The summed E-state index contributed by atoms with van der Waals surface area (Å²) in [6, 6.07) is 4.23. The molecule has 0 atom stereocenters. The molecule has 0 saturated carbocycles. The van der Waals surface area contributed by atoms with Crippen LogP contribution in [-0.4, -0.2) is 21.6 Å². The number of aryl methyl sites for hydroxylation is 1. The molecule has 0 saturated heterocycles. The number of nitrogens with zero attached hydrogens (tertiary/aromatic N) is 3. The Morgan fingerprint density at radius 2 is 2.06 bits per heavy atom. The van der Waals surface area contributed by atoms with Gasteiger partial charge < -0.3 is 4.42 Å². The number of rotatable bonds is 6. The van der Waals surface area contributed by atoms with Crippen LogP contribution in [-0.2, 0) is 19.5 Å². The molecule has 2 aromatic rings. The van der Waals surface area contributed by atoms with Gasteiger partial charge in [-0.15, -0.1) is 21.5 Å². The lowest BCUT2D eigenvalue weighted by Crippen LogP contribution is -2.21. The first-order valence-corrected chi connectivity index (χ1v) is 6.75. The van der Waals surface area contributed by atoms with Gasteiger partial charge in [0, 0.05) is 17.8 Å². The van der Waals surface area contributed by atoms with Gasteiger partial charge in [0.2, 0.25) is 11.8 Å². The molecular weight excluding hydrogens is 234 g/mol. The van der Waals surface area contributed by atoms with Gasteiger partial charge in [0.25, 0.3) is 0 Å². The Bertz CT molecular complexity index is 438. The van der Waals surface area contributed by atoms with E-state index in [4.69, 9.17) is 4.42 Å². The standard InChI is InChI=1S/C12H17N3OS/c1-3-11-13-14-12(16-11)9-15(4-2)8-10-6-5-7-17-10/h5-7H,3-4,8-9H2,1-2H3. The average Bonchev–Trinajstić information content (AvgIpc) is 2.99. The minimum absolute atomic E-state index is 0.709. The molecule has 0 aliphatic rings. The first-order chi connectivity index (χ1) is 8.31. The summed E-state index contributed by atoms with van der Waals surface area (Å²) in [4.78, 5) is 3.65. The van der Waals surface area contributed by atoms with Gasteiger partial charge in [0.1, 0.15) is 0 Å². The van der Waals surface area contributed by atoms with Gasteiger partial charge in [-0.25, -0.2) is 0 Å². The molecule has 0 spiro atoms. The van der Waals surface area contributed by atoms with Gasteiger partial charge in [0.15, 0.2) is 0 Å². The van der Waals surface area contributed by atoms with E-state index in [1.807, 2.05) is 6.92 Å². The van der Waals surface area contributed by atoms with Crippen molar-refractivity contribution in [3.8, 4) is 0 Å². The Labute approximate surface area is 105 Å². The van der Waals surface area contributed by atoms with Crippen LogP contribution >= 0.6 is 11.3 Å². The van der Waals surface area contributed by atoms with E-state index in [0.717, 1.165) is 26.1 Å². The van der Waals surface area contributed by atoms with E-state index in [1.54, 1.807) is 11.3 Å². The molecule has 4 nitrogen and oxygen atoms in total. The van der Waals surface area contributed by atoms with E-state index in [0.29, 0.717) is 11.8 Å². The Balaban J connectivity index is 1.95. The van der Waals surface area contributed by atoms with Crippen molar-refractivity contribution in [3.63, 3.8) is 0 Å². The normalized spacial score (nSPS) is 11.2. The maximum absolute atomic E-state index is 5.52. The number of hydrogen-bond acceptors (Lipinski definition) is 5. The molecule has 0 aromatic carbocycles. The number of aromatic nitrogens is 2. The largest absolute Gasteiger partial charge is 0.424 e. The minimum Gasteiger partial charge on any atom is -0.424 e. The molecule has 17 heavy (non-hydrogen) atoms. The van der Waals surface area contributed by atoms with Crippen molar-refractivity contribution in [1.29, 1.82) is 0 Å². The predicted octanol–water partition coefficient (Wildman–Crippen LogP) is 2.72. The van der Waals surface area contributed by atoms with Crippen molar-refractivity contribution in [1.82, 2.24) is 15.1 Å². The molecule has 0 aliphatic heterocycles. The molecule has 2 rings (SSSR count). The zero-order valence-corrected chi connectivity index (χ0v) is 11.0. The summed E-state index contributed by atoms with van der Waals surface area (Å²) < 4.78 is 5.52. The van der Waals surface area contributed by atoms with E-state index >= 15 is 0 Å². The second kappa shape index (κ2) is 5.93. The van der Waals surface area contributed by atoms with Crippen molar-refractivity contribution < 1.29 is 4.42 Å². The fraction of sp³-hybridized carbons (Fsp3) is 0.500. The maximum atomic E-state index is 5.52. The lowest BCUT2D eigenvalue weighted by Gasteiger charge is -2.16. The molecule has 0 radical (unpaired) electrons. The highest BCUT2D eigenvalue weighted by atomic mass is 32.1. The number of thiophene rings is 1. The Morgan fingerprint density at radius 3 is 2.65 bits per heavy atom. The smallest absolute Gasteiger partial charge is 0.230 e. The van der Waals surface area contributed by atoms with Crippen LogP contribution in [0.1, 0.15) is 30.5 Å². The second-order valence-corrected chi connectivity index (χ2v) is 4.86. The zero-order chi connectivity index (χ0) is 12.1. The summed E-state index contributed by atoms with van der Waals surface area (Å²) in [5.74, 6) is 1.42. The Hall–Kier alpha value is -1.20. The quantitative estimate of drug-likeness (QED) is 0.791. The summed E-state index contributed by atoms with van der Waals surface area (Å²) >= 11 is 1.78. The molecule has 0 unspecified atom stereocenters. The molecule has 92 valence electrons. The van der Waals surface area contributed by atoms with Crippen LogP contribution in [0.4, 0.5) is 0 Å². The molecule has 0 amide bonds. The molecule has 0 bridgehead atoms. The first-order valence-electron chi connectivity index (χ1n) is 5.87. The van der Waals surface area contributed by atoms with Crippen molar-refractivity contribution in [2.24, 2.45) is 0 Å². The monoisotopic (exact) mass is 251 g/mol. The Kier molecular flexibility index (Phi) is 4.28. The van der Waals surface area contributed by atoms with Crippen LogP contribution in [0, 0.1) is 0 Å². The SMILES string of the molecule is CCc1nnc(CN(CC)Cc2cccs2)o1. The van der Waals surface area contributed by atoms with Crippen molar-refractivity contribution >= 4 is 11.3 Å². The van der Waals surface area contributed by atoms with Crippen LogP contribution in [0.5, 0.6) is 0 Å². The van der Waals surface area contributed by atoms with Crippen LogP contribution in [0.2, 0.25) is 0 Å². The lowest BCUT2D eigenvalue weighted by atomic mass is 10.4.